The highest BCUT2D eigenvalue weighted by Gasteiger charge is 2.19. The highest BCUT2D eigenvalue weighted by atomic mass is 15.1. The maximum atomic E-state index is 5.20. The zero-order valence-electron chi connectivity index (χ0n) is 28.8. The van der Waals surface area contributed by atoms with Crippen LogP contribution >= 0.6 is 0 Å². The van der Waals surface area contributed by atoms with Crippen LogP contribution in [0.15, 0.2) is 194 Å². The highest BCUT2D eigenvalue weighted by Crippen LogP contribution is 2.39. The summed E-state index contributed by atoms with van der Waals surface area (Å²) in [6.07, 6.45) is 0. The number of nitrogens with zero attached hydrogens (tertiary/aromatic N) is 4. The molecule has 0 aliphatic heterocycles. The van der Waals surface area contributed by atoms with Gasteiger partial charge in [0.25, 0.3) is 0 Å². The molecule has 0 fully saturated rings. The van der Waals surface area contributed by atoms with Crippen molar-refractivity contribution in [3.8, 4) is 39.6 Å². The topological polar surface area (TPSA) is 27.7 Å². The van der Waals surface area contributed by atoms with Crippen LogP contribution in [0.5, 0.6) is 0 Å². The van der Waals surface area contributed by atoms with Crippen LogP contribution in [0, 0.1) is 0 Å². The molecule has 8 aromatic carbocycles. The highest BCUT2D eigenvalue weighted by molar-refractivity contribution is 6.10. The van der Waals surface area contributed by atoms with Crippen LogP contribution in [-0.4, -0.2) is 18.7 Å². The molecule has 53 heavy (non-hydrogen) atoms. The van der Waals surface area contributed by atoms with Gasteiger partial charge in [-0.2, -0.15) is 0 Å². The number of aromatic nitrogens is 4. The molecule has 4 nitrogen and oxygen atoms in total. The first-order chi connectivity index (χ1) is 26.3. The zero-order valence-corrected chi connectivity index (χ0v) is 28.8. The van der Waals surface area contributed by atoms with E-state index in [9.17, 15) is 0 Å². The van der Waals surface area contributed by atoms with Gasteiger partial charge < -0.3 is 9.13 Å². The Hall–Kier alpha value is -7.17. The van der Waals surface area contributed by atoms with Crippen molar-refractivity contribution in [3.05, 3.63) is 194 Å². The molecule has 0 unspecified atom stereocenters. The summed E-state index contributed by atoms with van der Waals surface area (Å²) < 4.78 is 7.11. The van der Waals surface area contributed by atoms with E-state index in [1.807, 2.05) is 0 Å². The fourth-order valence-corrected chi connectivity index (χ4v) is 8.32. The number of fused-ring (bicyclic) bond motifs is 7. The molecule has 0 N–H and O–H groups in total. The number of imidazole rings is 1. The molecule has 0 bridgehead atoms. The summed E-state index contributed by atoms with van der Waals surface area (Å²) in [4.78, 5) is 5.20. The minimum Gasteiger partial charge on any atom is -0.309 e. The van der Waals surface area contributed by atoms with Crippen molar-refractivity contribution < 1.29 is 0 Å². The van der Waals surface area contributed by atoms with Crippen molar-refractivity contribution in [1.29, 1.82) is 0 Å². The lowest BCUT2D eigenvalue weighted by Gasteiger charge is -2.16. The first-order valence-corrected chi connectivity index (χ1v) is 18.1. The van der Waals surface area contributed by atoms with Crippen molar-refractivity contribution in [2.24, 2.45) is 0 Å². The van der Waals surface area contributed by atoms with Crippen LogP contribution < -0.4 is 0 Å². The molecule has 3 heterocycles. The maximum Gasteiger partial charge on any atom is 0.145 e. The molecule has 0 saturated carbocycles. The lowest BCUT2D eigenvalue weighted by Crippen LogP contribution is -2.00. The summed E-state index contributed by atoms with van der Waals surface area (Å²) in [5.74, 6) is 0.917. The summed E-state index contributed by atoms with van der Waals surface area (Å²) in [7, 11) is 0. The monoisotopic (exact) mass is 676 g/mol. The molecule has 11 aromatic rings. The van der Waals surface area contributed by atoms with E-state index >= 15 is 0 Å². The third kappa shape index (κ3) is 4.59. The average Bonchev–Trinajstić information content (AvgIpc) is 3.89. The largest absolute Gasteiger partial charge is 0.309 e. The Morgan fingerprint density at radius 3 is 1.28 bits per heavy atom. The summed E-state index contributed by atoms with van der Waals surface area (Å²) in [5, 5.41) is 4.98. The fraction of sp³-hybridized carbons (Fsp3) is 0. The number of hydrogen-bond acceptors (Lipinski definition) is 1. The van der Waals surface area contributed by atoms with E-state index in [0.717, 1.165) is 50.6 Å². The standard InChI is InChI=1S/C49H32N4/c1-2-17-36(18-3-1)53-48-28-13-8-23-43(48)50-49(53)34-16-14-15-33(29-34)35-30-37(51-44-24-9-4-19-39(44)40-20-5-10-25-45(40)51)32-38(31-35)52-46-26-11-6-21-41(46)42-22-7-12-27-47(42)52/h1-32H. The normalized spacial score (nSPS) is 11.8. The van der Waals surface area contributed by atoms with Crippen LogP contribution in [0.2, 0.25) is 0 Å². The number of para-hydroxylation sites is 7. The zero-order chi connectivity index (χ0) is 34.9. The van der Waals surface area contributed by atoms with Crippen molar-refractivity contribution in [3.63, 3.8) is 0 Å². The van der Waals surface area contributed by atoms with Crippen LogP contribution in [0.4, 0.5) is 0 Å². The van der Waals surface area contributed by atoms with Crippen molar-refractivity contribution in [1.82, 2.24) is 18.7 Å². The SMILES string of the molecule is c1ccc(-n2c(-c3cccc(-c4cc(-n5c6ccccc6c6ccccc65)cc(-n5c6ccccc6c6ccccc65)c4)c3)nc3ccccc32)cc1. The first-order valence-electron chi connectivity index (χ1n) is 18.1. The van der Waals surface area contributed by atoms with Crippen LogP contribution in [-0.2, 0) is 0 Å². The molecule has 11 rings (SSSR count). The van der Waals surface area contributed by atoms with Gasteiger partial charge in [-0.25, -0.2) is 4.98 Å². The predicted octanol–water partition coefficient (Wildman–Crippen LogP) is 12.6. The Balaban J connectivity index is 1.19. The quantitative estimate of drug-likeness (QED) is 0.178. The van der Waals surface area contributed by atoms with Crippen molar-refractivity contribution in [2.75, 3.05) is 0 Å². The summed E-state index contributed by atoms with van der Waals surface area (Å²) in [6, 6.07) is 69.7. The van der Waals surface area contributed by atoms with Crippen LogP contribution in [0.1, 0.15) is 0 Å². The second kappa shape index (κ2) is 11.7. The van der Waals surface area contributed by atoms with Crippen molar-refractivity contribution >= 4 is 54.6 Å². The molecule has 0 saturated heterocycles. The van der Waals surface area contributed by atoms with E-state index in [-0.39, 0.29) is 0 Å². The molecule has 3 aromatic heterocycles. The smallest absolute Gasteiger partial charge is 0.145 e. The molecule has 0 atom stereocenters. The Bertz CT molecular complexity index is 2940. The van der Waals surface area contributed by atoms with Crippen molar-refractivity contribution in [2.45, 2.75) is 0 Å². The van der Waals surface area contributed by atoms with E-state index in [4.69, 9.17) is 4.98 Å². The lowest BCUT2D eigenvalue weighted by atomic mass is 10.0. The van der Waals surface area contributed by atoms with E-state index < -0.39 is 0 Å². The van der Waals surface area contributed by atoms with E-state index in [1.54, 1.807) is 0 Å². The van der Waals surface area contributed by atoms with E-state index in [0.29, 0.717) is 0 Å². The number of hydrogen-bond donors (Lipinski definition) is 0. The van der Waals surface area contributed by atoms with Crippen LogP contribution in [0.3, 0.4) is 0 Å². The van der Waals surface area contributed by atoms with Gasteiger partial charge in [-0.05, 0) is 83.9 Å². The van der Waals surface area contributed by atoms with Gasteiger partial charge in [0.05, 0.1) is 33.1 Å². The number of rotatable bonds is 5. The van der Waals surface area contributed by atoms with Gasteiger partial charge in [0.1, 0.15) is 5.82 Å². The maximum absolute atomic E-state index is 5.20. The Morgan fingerprint density at radius 2 is 0.736 bits per heavy atom. The average molecular weight is 677 g/mol. The van der Waals surface area contributed by atoms with E-state index in [1.165, 1.54) is 43.6 Å². The molecular weight excluding hydrogens is 645 g/mol. The molecule has 0 amide bonds. The van der Waals surface area contributed by atoms with E-state index in [2.05, 4.69) is 208 Å². The van der Waals surface area contributed by atoms with Gasteiger partial charge in [-0.1, -0.05) is 121 Å². The molecule has 4 heteroatoms. The molecule has 0 radical (unpaired) electrons. The van der Waals surface area contributed by atoms with Gasteiger partial charge in [-0.15, -0.1) is 0 Å². The second-order valence-electron chi connectivity index (χ2n) is 13.7. The van der Waals surface area contributed by atoms with Gasteiger partial charge >= 0.3 is 0 Å². The lowest BCUT2D eigenvalue weighted by molar-refractivity contribution is 1.10. The molecular formula is C49H32N4. The van der Waals surface area contributed by atoms with Gasteiger partial charge in [-0.3, -0.25) is 4.57 Å². The predicted molar refractivity (Wildman–Crippen MR) is 221 cm³/mol. The minimum atomic E-state index is 0.917. The Morgan fingerprint density at radius 1 is 0.283 bits per heavy atom. The fourth-order valence-electron chi connectivity index (χ4n) is 8.32. The second-order valence-corrected chi connectivity index (χ2v) is 13.7. The number of benzene rings is 8. The Kier molecular flexibility index (Phi) is 6.52. The first kappa shape index (κ1) is 29.5. The third-order valence-electron chi connectivity index (χ3n) is 10.6. The molecule has 0 aliphatic rings. The van der Waals surface area contributed by atoms with Crippen LogP contribution in [0.25, 0.3) is 94.2 Å². The van der Waals surface area contributed by atoms with Gasteiger partial charge in [0, 0.05) is 44.2 Å². The molecule has 248 valence electrons. The summed E-state index contributed by atoms with van der Waals surface area (Å²) >= 11 is 0. The molecule has 0 aliphatic carbocycles. The van der Waals surface area contributed by atoms with Gasteiger partial charge in [0.2, 0.25) is 0 Å². The Labute approximate surface area is 306 Å². The summed E-state index contributed by atoms with van der Waals surface area (Å²) in [5.41, 5.74) is 13.4. The minimum absolute atomic E-state index is 0.917. The molecule has 0 spiro atoms. The summed E-state index contributed by atoms with van der Waals surface area (Å²) in [6.45, 7) is 0. The van der Waals surface area contributed by atoms with Gasteiger partial charge in [0.15, 0.2) is 0 Å². The third-order valence-corrected chi connectivity index (χ3v) is 10.6.